The van der Waals surface area contributed by atoms with Crippen LogP contribution in [0.1, 0.15) is 26.2 Å². The van der Waals surface area contributed by atoms with Gasteiger partial charge in [-0.05, 0) is 33.2 Å². The van der Waals surface area contributed by atoms with E-state index in [1.54, 1.807) is 7.11 Å². The number of methoxy groups -OCH3 is 1. The van der Waals surface area contributed by atoms with Crippen molar-refractivity contribution in [3.05, 3.63) is 0 Å². The molecule has 1 unspecified atom stereocenters. The molecular weight excluding hydrogens is 176 g/mol. The lowest BCUT2D eigenvalue weighted by Crippen LogP contribution is -2.35. The summed E-state index contributed by atoms with van der Waals surface area (Å²) in [6.45, 7) is 5.34. The minimum atomic E-state index is 0.572. The third-order valence-corrected chi connectivity index (χ3v) is 2.88. The van der Waals surface area contributed by atoms with Gasteiger partial charge in [0.15, 0.2) is 0 Å². The van der Waals surface area contributed by atoms with Gasteiger partial charge in [0.2, 0.25) is 0 Å². The van der Waals surface area contributed by atoms with E-state index in [-0.39, 0.29) is 0 Å². The molecule has 0 amide bonds. The van der Waals surface area contributed by atoms with E-state index in [0.717, 1.165) is 25.6 Å². The van der Waals surface area contributed by atoms with Gasteiger partial charge in [0.1, 0.15) is 0 Å². The number of likely N-dealkylation sites (N-methyl/N-ethyl adjacent to an activating group) is 1. The molecule has 0 saturated heterocycles. The van der Waals surface area contributed by atoms with E-state index < -0.39 is 0 Å². The van der Waals surface area contributed by atoms with Gasteiger partial charge in [-0.1, -0.05) is 0 Å². The van der Waals surface area contributed by atoms with Gasteiger partial charge in [-0.3, -0.25) is 0 Å². The highest BCUT2D eigenvalue weighted by Crippen LogP contribution is 2.24. The maximum Gasteiger partial charge on any atom is 0.0476 e. The molecule has 84 valence electrons. The van der Waals surface area contributed by atoms with Crippen molar-refractivity contribution >= 4 is 0 Å². The van der Waals surface area contributed by atoms with Crippen molar-refractivity contribution in [2.45, 2.75) is 38.3 Å². The Balaban J connectivity index is 1.91. The Morgan fingerprint density at radius 3 is 2.79 bits per heavy atom. The molecule has 1 rings (SSSR count). The first-order valence-corrected chi connectivity index (χ1v) is 5.66. The zero-order chi connectivity index (χ0) is 10.4. The molecule has 14 heavy (non-hydrogen) atoms. The number of hydrogen-bond acceptors (Lipinski definition) is 3. The van der Waals surface area contributed by atoms with E-state index in [9.17, 15) is 0 Å². The Bertz CT molecular complexity index is 148. The van der Waals surface area contributed by atoms with Crippen molar-refractivity contribution in [1.82, 2.24) is 10.2 Å². The van der Waals surface area contributed by atoms with Crippen LogP contribution < -0.4 is 5.32 Å². The second kappa shape index (κ2) is 6.38. The van der Waals surface area contributed by atoms with Gasteiger partial charge in [-0.25, -0.2) is 0 Å². The van der Waals surface area contributed by atoms with E-state index in [1.165, 1.54) is 19.4 Å². The zero-order valence-electron chi connectivity index (χ0n) is 9.75. The molecule has 0 spiro atoms. The summed E-state index contributed by atoms with van der Waals surface area (Å²) >= 11 is 0. The van der Waals surface area contributed by atoms with Crippen LogP contribution in [0.25, 0.3) is 0 Å². The molecule has 1 atom stereocenters. The molecule has 0 radical (unpaired) electrons. The van der Waals surface area contributed by atoms with Crippen LogP contribution in [-0.2, 0) is 4.74 Å². The molecule has 1 saturated carbocycles. The first-order valence-electron chi connectivity index (χ1n) is 5.66. The van der Waals surface area contributed by atoms with E-state index in [1.807, 2.05) is 0 Å². The summed E-state index contributed by atoms with van der Waals surface area (Å²) in [5.41, 5.74) is 0. The quantitative estimate of drug-likeness (QED) is 0.635. The topological polar surface area (TPSA) is 24.5 Å². The second-order valence-electron chi connectivity index (χ2n) is 4.35. The second-order valence-corrected chi connectivity index (χ2v) is 4.35. The molecule has 1 aliphatic rings. The van der Waals surface area contributed by atoms with E-state index in [4.69, 9.17) is 4.74 Å². The summed E-state index contributed by atoms with van der Waals surface area (Å²) in [6.07, 6.45) is 3.90. The van der Waals surface area contributed by atoms with Crippen molar-refractivity contribution in [3.63, 3.8) is 0 Å². The average Bonchev–Trinajstić information content (AvgIpc) is 2.97. The fourth-order valence-electron chi connectivity index (χ4n) is 1.58. The van der Waals surface area contributed by atoms with Gasteiger partial charge in [-0.2, -0.15) is 0 Å². The Kier molecular flexibility index (Phi) is 5.45. The molecule has 1 N–H and O–H groups in total. The third kappa shape index (κ3) is 4.94. The lowest BCUT2D eigenvalue weighted by Gasteiger charge is -2.18. The summed E-state index contributed by atoms with van der Waals surface area (Å²) in [5.74, 6) is 0. The molecule has 1 fully saturated rings. The molecular formula is C11H24N2O. The van der Waals surface area contributed by atoms with Crippen LogP contribution in [0.4, 0.5) is 0 Å². The lowest BCUT2D eigenvalue weighted by atomic mass is 10.2. The fourth-order valence-corrected chi connectivity index (χ4v) is 1.58. The summed E-state index contributed by atoms with van der Waals surface area (Å²) in [6, 6.07) is 1.45. The van der Waals surface area contributed by atoms with Crippen LogP contribution in [-0.4, -0.2) is 50.8 Å². The molecule has 0 bridgehead atoms. The van der Waals surface area contributed by atoms with Crippen LogP contribution in [0.15, 0.2) is 0 Å². The SMILES string of the molecule is COCCC(C)NCCN(C)C1CC1. The summed E-state index contributed by atoms with van der Waals surface area (Å²) < 4.78 is 5.04. The van der Waals surface area contributed by atoms with Crippen molar-refractivity contribution in [2.24, 2.45) is 0 Å². The summed E-state index contributed by atoms with van der Waals surface area (Å²) in [4.78, 5) is 2.45. The molecule has 0 aliphatic heterocycles. The maximum atomic E-state index is 5.04. The highest BCUT2D eigenvalue weighted by molar-refractivity contribution is 4.82. The molecule has 0 aromatic rings. The fraction of sp³-hybridized carbons (Fsp3) is 1.00. The minimum Gasteiger partial charge on any atom is -0.385 e. The minimum absolute atomic E-state index is 0.572. The van der Waals surface area contributed by atoms with Crippen LogP contribution in [0.2, 0.25) is 0 Å². The Labute approximate surface area is 87.8 Å². The third-order valence-electron chi connectivity index (χ3n) is 2.88. The van der Waals surface area contributed by atoms with Gasteiger partial charge in [-0.15, -0.1) is 0 Å². The standard InChI is InChI=1S/C11H24N2O/c1-10(6-9-14-3)12-7-8-13(2)11-4-5-11/h10-12H,4-9H2,1-3H3. The molecule has 1 aliphatic carbocycles. The van der Waals surface area contributed by atoms with Gasteiger partial charge in [0.05, 0.1) is 0 Å². The Morgan fingerprint density at radius 1 is 1.50 bits per heavy atom. The van der Waals surface area contributed by atoms with Crippen molar-refractivity contribution < 1.29 is 4.74 Å². The number of nitrogens with one attached hydrogen (secondary N) is 1. The van der Waals surface area contributed by atoms with Crippen LogP contribution in [0.3, 0.4) is 0 Å². The Morgan fingerprint density at radius 2 is 2.21 bits per heavy atom. The van der Waals surface area contributed by atoms with Crippen molar-refractivity contribution in [3.8, 4) is 0 Å². The highest BCUT2D eigenvalue weighted by atomic mass is 16.5. The zero-order valence-corrected chi connectivity index (χ0v) is 9.75. The van der Waals surface area contributed by atoms with Gasteiger partial charge in [0.25, 0.3) is 0 Å². The molecule has 3 nitrogen and oxygen atoms in total. The summed E-state index contributed by atoms with van der Waals surface area (Å²) in [7, 11) is 3.98. The maximum absolute atomic E-state index is 5.04. The highest BCUT2D eigenvalue weighted by Gasteiger charge is 2.25. The number of nitrogens with zero attached hydrogens (tertiary/aromatic N) is 1. The van der Waals surface area contributed by atoms with Gasteiger partial charge in [0, 0.05) is 38.9 Å². The lowest BCUT2D eigenvalue weighted by molar-refractivity contribution is 0.184. The number of rotatable bonds is 8. The first kappa shape index (κ1) is 12.0. The largest absolute Gasteiger partial charge is 0.385 e. The Hall–Kier alpha value is -0.120. The molecule has 3 heteroatoms. The van der Waals surface area contributed by atoms with E-state index in [2.05, 4.69) is 24.2 Å². The normalized spacial score (nSPS) is 18.9. The van der Waals surface area contributed by atoms with E-state index >= 15 is 0 Å². The monoisotopic (exact) mass is 200 g/mol. The number of hydrogen-bond donors (Lipinski definition) is 1. The average molecular weight is 200 g/mol. The van der Waals surface area contributed by atoms with Crippen molar-refractivity contribution in [1.29, 1.82) is 0 Å². The summed E-state index contributed by atoms with van der Waals surface area (Å²) in [5, 5.41) is 3.51. The number of ether oxygens (including phenoxy) is 1. The smallest absolute Gasteiger partial charge is 0.0476 e. The van der Waals surface area contributed by atoms with Gasteiger partial charge >= 0.3 is 0 Å². The van der Waals surface area contributed by atoms with E-state index in [0.29, 0.717) is 6.04 Å². The van der Waals surface area contributed by atoms with Crippen molar-refractivity contribution in [2.75, 3.05) is 33.9 Å². The molecule has 0 aromatic heterocycles. The molecule has 0 heterocycles. The van der Waals surface area contributed by atoms with Crippen LogP contribution in [0.5, 0.6) is 0 Å². The predicted octanol–water partition coefficient (Wildman–Crippen LogP) is 1.10. The van der Waals surface area contributed by atoms with Crippen LogP contribution >= 0.6 is 0 Å². The van der Waals surface area contributed by atoms with Gasteiger partial charge < -0.3 is 15.0 Å². The van der Waals surface area contributed by atoms with Crippen LogP contribution in [0, 0.1) is 0 Å². The first-order chi connectivity index (χ1) is 6.74. The molecule has 0 aromatic carbocycles. The predicted molar refractivity (Wildman–Crippen MR) is 59.6 cm³/mol.